The molecular weight excluding hydrogens is 384 g/mol. The van der Waals surface area contributed by atoms with E-state index in [-0.39, 0.29) is 12.5 Å². The summed E-state index contributed by atoms with van der Waals surface area (Å²) in [5, 5.41) is 0. The highest BCUT2D eigenvalue weighted by atomic mass is 32.2. The van der Waals surface area contributed by atoms with Crippen molar-refractivity contribution >= 4 is 21.6 Å². The lowest BCUT2D eigenvalue weighted by atomic mass is 9.90. The predicted octanol–water partition coefficient (Wildman–Crippen LogP) is 3.55. The Balaban J connectivity index is 1.64. The highest BCUT2D eigenvalue weighted by molar-refractivity contribution is 7.92. The van der Waals surface area contributed by atoms with E-state index in [4.69, 9.17) is 0 Å². The van der Waals surface area contributed by atoms with Crippen LogP contribution < -0.4 is 4.31 Å². The molecule has 0 atom stereocenters. The maximum Gasteiger partial charge on any atom is 0.243 e. The van der Waals surface area contributed by atoms with Crippen LogP contribution in [0.15, 0.2) is 48.5 Å². The lowest BCUT2D eigenvalue weighted by Crippen LogP contribution is -2.46. The van der Waals surface area contributed by atoms with Crippen molar-refractivity contribution in [3.63, 3.8) is 0 Å². The van der Waals surface area contributed by atoms with Crippen LogP contribution in [0.2, 0.25) is 0 Å². The molecule has 1 aliphatic heterocycles. The van der Waals surface area contributed by atoms with Crippen LogP contribution in [-0.2, 0) is 21.2 Å². The first-order chi connectivity index (χ1) is 13.8. The number of piperidine rings is 1. The standard InChI is InChI=1S/C23H30N2O3S/c1-18-8-7-11-22(19(18)2)25(29(3,27)28)17-23(26)24-14-12-21(13-15-24)16-20-9-5-4-6-10-20/h4-11,21H,12-17H2,1-3H3. The van der Waals surface area contributed by atoms with E-state index >= 15 is 0 Å². The number of likely N-dealkylation sites (tertiary alicyclic amines) is 1. The second-order valence-corrected chi connectivity index (χ2v) is 9.91. The summed E-state index contributed by atoms with van der Waals surface area (Å²) in [6.45, 7) is 5.05. The highest BCUT2D eigenvalue weighted by Crippen LogP contribution is 2.26. The molecule has 156 valence electrons. The fourth-order valence-corrected chi connectivity index (χ4v) is 4.84. The Morgan fingerprint density at radius 2 is 1.69 bits per heavy atom. The molecule has 1 aliphatic rings. The minimum absolute atomic E-state index is 0.130. The Morgan fingerprint density at radius 3 is 2.31 bits per heavy atom. The number of rotatable bonds is 6. The molecule has 1 heterocycles. The number of hydrogen-bond acceptors (Lipinski definition) is 3. The summed E-state index contributed by atoms with van der Waals surface area (Å²) in [6.07, 6.45) is 4.08. The predicted molar refractivity (Wildman–Crippen MR) is 118 cm³/mol. The average Bonchev–Trinajstić information content (AvgIpc) is 2.69. The molecule has 0 radical (unpaired) electrons. The molecule has 1 amide bonds. The van der Waals surface area contributed by atoms with Crippen molar-refractivity contribution in [3.05, 3.63) is 65.2 Å². The Labute approximate surface area is 174 Å². The molecular formula is C23H30N2O3S. The Hall–Kier alpha value is -2.34. The van der Waals surface area contributed by atoms with Gasteiger partial charge in [0.25, 0.3) is 0 Å². The van der Waals surface area contributed by atoms with Crippen LogP contribution in [0.5, 0.6) is 0 Å². The molecule has 5 nitrogen and oxygen atoms in total. The van der Waals surface area contributed by atoms with Crippen LogP contribution >= 0.6 is 0 Å². The molecule has 0 aliphatic carbocycles. The van der Waals surface area contributed by atoms with Crippen molar-refractivity contribution in [2.45, 2.75) is 33.1 Å². The van der Waals surface area contributed by atoms with Crippen LogP contribution in [0.25, 0.3) is 0 Å². The maximum atomic E-state index is 12.9. The zero-order chi connectivity index (χ0) is 21.0. The maximum absolute atomic E-state index is 12.9. The van der Waals surface area contributed by atoms with Crippen LogP contribution in [0.1, 0.15) is 29.5 Å². The summed E-state index contributed by atoms with van der Waals surface area (Å²) in [5.41, 5.74) is 3.80. The normalized spacial score (nSPS) is 15.3. The summed E-state index contributed by atoms with van der Waals surface area (Å²) < 4.78 is 26.1. The van der Waals surface area contributed by atoms with Gasteiger partial charge in [0.1, 0.15) is 6.54 Å². The Morgan fingerprint density at radius 1 is 1.03 bits per heavy atom. The van der Waals surface area contributed by atoms with Gasteiger partial charge in [0.2, 0.25) is 15.9 Å². The smallest absolute Gasteiger partial charge is 0.243 e. The molecule has 2 aromatic rings. The number of aryl methyl sites for hydroxylation is 1. The molecule has 0 aromatic heterocycles. The highest BCUT2D eigenvalue weighted by Gasteiger charge is 2.28. The van der Waals surface area contributed by atoms with Crippen molar-refractivity contribution in [1.82, 2.24) is 4.90 Å². The lowest BCUT2D eigenvalue weighted by Gasteiger charge is -2.34. The van der Waals surface area contributed by atoms with Gasteiger partial charge in [0.05, 0.1) is 11.9 Å². The van der Waals surface area contributed by atoms with E-state index in [9.17, 15) is 13.2 Å². The van der Waals surface area contributed by atoms with Gasteiger partial charge in [-0.3, -0.25) is 9.10 Å². The van der Waals surface area contributed by atoms with E-state index in [2.05, 4.69) is 24.3 Å². The van der Waals surface area contributed by atoms with Gasteiger partial charge in [0, 0.05) is 13.1 Å². The molecule has 1 fully saturated rings. The van der Waals surface area contributed by atoms with Gasteiger partial charge in [-0.15, -0.1) is 0 Å². The first-order valence-corrected chi connectivity index (χ1v) is 12.0. The number of benzene rings is 2. The van der Waals surface area contributed by atoms with Gasteiger partial charge in [0.15, 0.2) is 0 Å². The third-order valence-corrected chi connectivity index (χ3v) is 6.98. The number of sulfonamides is 1. The Kier molecular flexibility index (Phi) is 6.63. The average molecular weight is 415 g/mol. The topological polar surface area (TPSA) is 57.7 Å². The van der Waals surface area contributed by atoms with E-state index in [1.165, 1.54) is 9.87 Å². The van der Waals surface area contributed by atoms with Crippen molar-refractivity contribution in [3.8, 4) is 0 Å². The van der Waals surface area contributed by atoms with Crippen molar-refractivity contribution < 1.29 is 13.2 Å². The Bertz CT molecular complexity index is 949. The quantitative estimate of drug-likeness (QED) is 0.726. The summed E-state index contributed by atoms with van der Waals surface area (Å²) in [4.78, 5) is 14.7. The number of carbonyl (C=O) groups excluding carboxylic acids is 1. The van der Waals surface area contributed by atoms with E-state index in [0.717, 1.165) is 36.6 Å². The lowest BCUT2D eigenvalue weighted by molar-refractivity contribution is -0.130. The third-order valence-electron chi connectivity index (χ3n) is 5.86. The van der Waals surface area contributed by atoms with E-state index < -0.39 is 10.0 Å². The number of nitrogens with zero attached hydrogens (tertiary/aromatic N) is 2. The fourth-order valence-electron chi connectivity index (χ4n) is 3.94. The summed E-state index contributed by atoms with van der Waals surface area (Å²) in [7, 11) is -3.56. The molecule has 0 saturated carbocycles. The van der Waals surface area contributed by atoms with Crippen molar-refractivity contribution in [1.29, 1.82) is 0 Å². The monoisotopic (exact) mass is 414 g/mol. The van der Waals surface area contributed by atoms with Gasteiger partial charge in [-0.1, -0.05) is 42.5 Å². The summed E-state index contributed by atoms with van der Waals surface area (Å²) >= 11 is 0. The first-order valence-electron chi connectivity index (χ1n) is 10.1. The van der Waals surface area contributed by atoms with E-state index in [1.807, 2.05) is 36.9 Å². The molecule has 0 unspecified atom stereocenters. The zero-order valence-corrected chi connectivity index (χ0v) is 18.3. The van der Waals surface area contributed by atoms with Crippen LogP contribution in [0.4, 0.5) is 5.69 Å². The number of amides is 1. The summed E-state index contributed by atoms with van der Waals surface area (Å²) in [6, 6.07) is 16.0. The second-order valence-electron chi connectivity index (χ2n) is 8.00. The van der Waals surface area contributed by atoms with Crippen molar-refractivity contribution in [2.24, 2.45) is 5.92 Å². The third kappa shape index (κ3) is 5.38. The molecule has 2 aromatic carbocycles. The molecule has 1 saturated heterocycles. The summed E-state index contributed by atoms with van der Waals surface area (Å²) in [5.74, 6) is 0.431. The fraction of sp³-hybridized carbons (Fsp3) is 0.435. The molecule has 0 spiro atoms. The van der Waals surface area contributed by atoms with E-state index in [1.54, 1.807) is 6.07 Å². The van der Waals surface area contributed by atoms with Crippen LogP contribution in [-0.4, -0.2) is 45.1 Å². The minimum atomic E-state index is -3.56. The van der Waals surface area contributed by atoms with Crippen LogP contribution in [0.3, 0.4) is 0 Å². The van der Waals surface area contributed by atoms with Crippen molar-refractivity contribution in [2.75, 3.05) is 30.2 Å². The number of hydrogen-bond donors (Lipinski definition) is 0. The zero-order valence-electron chi connectivity index (χ0n) is 17.5. The van der Waals surface area contributed by atoms with Gasteiger partial charge in [-0.05, 0) is 61.8 Å². The molecule has 29 heavy (non-hydrogen) atoms. The minimum Gasteiger partial charge on any atom is -0.341 e. The number of carbonyl (C=O) groups is 1. The SMILES string of the molecule is Cc1cccc(N(CC(=O)N2CCC(Cc3ccccc3)CC2)S(C)(=O)=O)c1C. The molecule has 0 N–H and O–H groups in total. The number of anilines is 1. The van der Waals surface area contributed by atoms with Gasteiger partial charge in [-0.2, -0.15) is 0 Å². The van der Waals surface area contributed by atoms with Gasteiger partial charge in [-0.25, -0.2) is 8.42 Å². The second kappa shape index (κ2) is 8.99. The van der Waals surface area contributed by atoms with Gasteiger partial charge >= 0.3 is 0 Å². The van der Waals surface area contributed by atoms with E-state index in [0.29, 0.717) is 24.7 Å². The molecule has 0 bridgehead atoms. The van der Waals surface area contributed by atoms with Gasteiger partial charge < -0.3 is 4.90 Å². The largest absolute Gasteiger partial charge is 0.341 e. The molecule has 6 heteroatoms. The molecule has 3 rings (SSSR count). The first kappa shape index (κ1) is 21.4. The van der Waals surface area contributed by atoms with Crippen LogP contribution in [0, 0.1) is 19.8 Å².